The van der Waals surface area contributed by atoms with Crippen LogP contribution in [0.25, 0.3) is 0 Å². The van der Waals surface area contributed by atoms with Crippen LogP contribution in [0.4, 0.5) is 0 Å². The maximum absolute atomic E-state index is 12.8. The van der Waals surface area contributed by atoms with Gasteiger partial charge in [-0.3, -0.25) is 9.59 Å². The molecule has 338 valence electrons. The maximum atomic E-state index is 12.8. The minimum absolute atomic E-state index is 0.220. The Balaban J connectivity index is 2.32. The van der Waals surface area contributed by atoms with E-state index >= 15 is 0 Å². The molecule has 0 aromatic rings. The largest absolute Gasteiger partial charge is 0.462 e. The summed E-state index contributed by atoms with van der Waals surface area (Å²) in [4.78, 5) is 25.4. The zero-order chi connectivity index (χ0) is 42.3. The second kappa shape index (κ2) is 39.1. The lowest BCUT2D eigenvalue weighted by molar-refractivity contribution is -0.305. The number of carbonyl (C=O) groups excluding carboxylic acids is 2. The summed E-state index contributed by atoms with van der Waals surface area (Å²) in [5.74, 6) is -0.822. The molecular formula is C48H86O10. The van der Waals surface area contributed by atoms with E-state index in [1.54, 1.807) is 0 Å². The van der Waals surface area contributed by atoms with Crippen LogP contribution in [0.2, 0.25) is 0 Å². The number of aliphatic hydroxyl groups excluding tert-OH is 4. The Bertz CT molecular complexity index is 1040. The zero-order valence-electron chi connectivity index (χ0n) is 36.8. The van der Waals surface area contributed by atoms with Crippen LogP contribution < -0.4 is 0 Å². The normalized spacial score (nSPS) is 20.4. The molecule has 0 bridgehead atoms. The second-order valence-electron chi connectivity index (χ2n) is 16.2. The van der Waals surface area contributed by atoms with Crippen molar-refractivity contribution in [3.05, 3.63) is 36.5 Å². The monoisotopic (exact) mass is 823 g/mol. The third-order valence-electron chi connectivity index (χ3n) is 10.7. The zero-order valence-corrected chi connectivity index (χ0v) is 36.8. The van der Waals surface area contributed by atoms with E-state index in [-0.39, 0.29) is 32.0 Å². The van der Waals surface area contributed by atoms with Crippen LogP contribution in [0, 0.1) is 0 Å². The summed E-state index contributed by atoms with van der Waals surface area (Å²) >= 11 is 0. The third-order valence-corrected chi connectivity index (χ3v) is 10.7. The number of unbranched alkanes of at least 4 members (excludes halogenated alkanes) is 22. The molecule has 10 nitrogen and oxygen atoms in total. The standard InChI is InChI=1S/C48H86O10/c1-3-5-7-9-11-13-15-17-19-20-21-23-25-27-29-31-33-35-37-44(51)57-41(40-56-48-47(54)46(53)45(52)42(38-49)58-48)39-55-43(50)36-34-32-30-28-26-24-22-18-16-14-12-10-8-6-4-2/h13,15,18-20,22,41-42,45-49,52-54H,3-12,14,16-17,21,23-40H2,1-2H3/b15-13-,20-19-,22-18-. The molecule has 1 aliphatic heterocycles. The van der Waals surface area contributed by atoms with Gasteiger partial charge in [0.05, 0.1) is 13.2 Å². The maximum Gasteiger partial charge on any atom is 0.306 e. The molecule has 10 heteroatoms. The van der Waals surface area contributed by atoms with E-state index < -0.39 is 49.4 Å². The summed E-state index contributed by atoms with van der Waals surface area (Å²) < 4.78 is 22.2. The fourth-order valence-corrected chi connectivity index (χ4v) is 6.98. The predicted molar refractivity (Wildman–Crippen MR) is 233 cm³/mol. The molecule has 0 saturated carbocycles. The highest BCUT2D eigenvalue weighted by molar-refractivity contribution is 5.70. The topological polar surface area (TPSA) is 152 Å². The molecule has 0 radical (unpaired) electrons. The van der Waals surface area contributed by atoms with Gasteiger partial charge in [-0.2, -0.15) is 0 Å². The summed E-state index contributed by atoms with van der Waals surface area (Å²) in [5.41, 5.74) is 0. The van der Waals surface area contributed by atoms with Crippen LogP contribution >= 0.6 is 0 Å². The number of esters is 2. The van der Waals surface area contributed by atoms with Crippen LogP contribution in [-0.4, -0.2) is 89.0 Å². The van der Waals surface area contributed by atoms with Gasteiger partial charge >= 0.3 is 11.9 Å². The molecule has 6 atom stereocenters. The van der Waals surface area contributed by atoms with Crippen molar-refractivity contribution in [2.24, 2.45) is 0 Å². The quantitative estimate of drug-likeness (QED) is 0.0268. The summed E-state index contributed by atoms with van der Waals surface area (Å²) in [7, 11) is 0. The molecule has 1 aliphatic rings. The highest BCUT2D eigenvalue weighted by Crippen LogP contribution is 2.23. The fraction of sp³-hybridized carbons (Fsp3) is 0.833. The van der Waals surface area contributed by atoms with Crippen molar-refractivity contribution in [1.82, 2.24) is 0 Å². The molecule has 1 heterocycles. The van der Waals surface area contributed by atoms with Gasteiger partial charge in [0.25, 0.3) is 0 Å². The van der Waals surface area contributed by atoms with Gasteiger partial charge in [0.1, 0.15) is 31.0 Å². The molecule has 0 spiro atoms. The van der Waals surface area contributed by atoms with Crippen LogP contribution in [0.3, 0.4) is 0 Å². The highest BCUT2D eigenvalue weighted by atomic mass is 16.7. The smallest absolute Gasteiger partial charge is 0.306 e. The molecule has 1 fully saturated rings. The average Bonchev–Trinajstić information content (AvgIpc) is 3.22. The molecule has 6 unspecified atom stereocenters. The third kappa shape index (κ3) is 30.0. The van der Waals surface area contributed by atoms with Crippen molar-refractivity contribution < 1.29 is 49.0 Å². The number of ether oxygens (including phenoxy) is 4. The lowest BCUT2D eigenvalue weighted by Crippen LogP contribution is -2.59. The summed E-state index contributed by atoms with van der Waals surface area (Å²) in [6, 6.07) is 0. The lowest BCUT2D eigenvalue weighted by Gasteiger charge is -2.39. The average molecular weight is 823 g/mol. The van der Waals surface area contributed by atoms with Crippen LogP contribution in [0.15, 0.2) is 36.5 Å². The molecule has 58 heavy (non-hydrogen) atoms. The van der Waals surface area contributed by atoms with Crippen molar-refractivity contribution in [3.8, 4) is 0 Å². The Hall–Kier alpha value is -2.08. The minimum atomic E-state index is -1.60. The molecule has 1 rings (SSSR count). The minimum Gasteiger partial charge on any atom is -0.462 e. The van der Waals surface area contributed by atoms with Gasteiger partial charge in [0.15, 0.2) is 12.4 Å². The Morgan fingerprint density at radius 2 is 0.966 bits per heavy atom. The first-order valence-electron chi connectivity index (χ1n) is 23.6. The van der Waals surface area contributed by atoms with Crippen molar-refractivity contribution in [2.45, 2.75) is 237 Å². The summed E-state index contributed by atoms with van der Waals surface area (Å²) in [6.07, 6.45) is 37.1. The first-order valence-corrected chi connectivity index (χ1v) is 23.6. The van der Waals surface area contributed by atoms with Gasteiger partial charge in [-0.05, 0) is 70.6 Å². The molecular weight excluding hydrogens is 737 g/mol. The Morgan fingerprint density at radius 1 is 0.534 bits per heavy atom. The molecule has 0 aromatic heterocycles. The molecule has 1 saturated heterocycles. The van der Waals surface area contributed by atoms with Gasteiger partial charge in [-0.1, -0.05) is 153 Å². The molecule has 4 N–H and O–H groups in total. The number of rotatable bonds is 39. The van der Waals surface area contributed by atoms with E-state index in [0.29, 0.717) is 12.8 Å². The van der Waals surface area contributed by atoms with Crippen LogP contribution in [-0.2, 0) is 28.5 Å². The van der Waals surface area contributed by atoms with Crippen molar-refractivity contribution >= 4 is 11.9 Å². The first kappa shape index (κ1) is 53.9. The number of hydrogen-bond donors (Lipinski definition) is 4. The van der Waals surface area contributed by atoms with Gasteiger partial charge in [0.2, 0.25) is 0 Å². The predicted octanol–water partition coefficient (Wildman–Crippen LogP) is 10.3. The van der Waals surface area contributed by atoms with Crippen molar-refractivity contribution in [3.63, 3.8) is 0 Å². The van der Waals surface area contributed by atoms with E-state index in [0.717, 1.165) is 64.2 Å². The highest BCUT2D eigenvalue weighted by Gasteiger charge is 2.44. The Morgan fingerprint density at radius 3 is 1.47 bits per heavy atom. The van der Waals surface area contributed by atoms with Crippen LogP contribution in [0.1, 0.15) is 200 Å². The number of hydrogen-bond acceptors (Lipinski definition) is 10. The van der Waals surface area contributed by atoms with Gasteiger partial charge in [-0.15, -0.1) is 0 Å². The SMILES string of the molecule is CCCCCC/C=C\C/C=C\CCCCCCCCCC(=O)OC(COC(=O)CCCCCCC/C=C\CCCCCCCC)COC1OC(CO)C(O)C(O)C1O. The summed E-state index contributed by atoms with van der Waals surface area (Å²) in [6.45, 7) is 3.39. The summed E-state index contributed by atoms with van der Waals surface area (Å²) in [5, 5.41) is 40.1. The van der Waals surface area contributed by atoms with Gasteiger partial charge in [0, 0.05) is 12.8 Å². The molecule has 0 aromatic carbocycles. The van der Waals surface area contributed by atoms with Gasteiger partial charge < -0.3 is 39.4 Å². The lowest BCUT2D eigenvalue weighted by atomic mass is 9.99. The van der Waals surface area contributed by atoms with Crippen molar-refractivity contribution in [2.75, 3.05) is 19.8 Å². The van der Waals surface area contributed by atoms with E-state index in [2.05, 4.69) is 50.3 Å². The van der Waals surface area contributed by atoms with E-state index in [9.17, 15) is 30.0 Å². The van der Waals surface area contributed by atoms with Gasteiger partial charge in [-0.25, -0.2) is 0 Å². The molecule has 0 aliphatic carbocycles. The van der Waals surface area contributed by atoms with E-state index in [4.69, 9.17) is 18.9 Å². The van der Waals surface area contributed by atoms with E-state index in [1.165, 1.54) is 96.3 Å². The molecule has 0 amide bonds. The van der Waals surface area contributed by atoms with E-state index in [1.807, 2.05) is 0 Å². The van der Waals surface area contributed by atoms with Crippen molar-refractivity contribution in [1.29, 1.82) is 0 Å². The number of aliphatic hydroxyl groups is 4. The Labute approximate surface area is 353 Å². The fourth-order valence-electron chi connectivity index (χ4n) is 6.98. The first-order chi connectivity index (χ1) is 28.3. The number of allylic oxidation sites excluding steroid dienone is 6. The second-order valence-corrected chi connectivity index (χ2v) is 16.2. The Kier molecular flexibility index (Phi) is 36.3. The van der Waals surface area contributed by atoms with Crippen LogP contribution in [0.5, 0.6) is 0 Å². The number of carbonyl (C=O) groups is 2.